The number of aryl methyl sites for hydroxylation is 1. The van der Waals surface area contributed by atoms with Crippen molar-refractivity contribution in [1.29, 1.82) is 0 Å². The van der Waals surface area contributed by atoms with Crippen molar-refractivity contribution in [3.63, 3.8) is 0 Å². The molecule has 1 aromatic heterocycles. The van der Waals surface area contributed by atoms with E-state index in [0.717, 1.165) is 22.2 Å². The summed E-state index contributed by atoms with van der Waals surface area (Å²) in [5.74, 6) is -0.439. The normalized spacial score (nSPS) is 14.2. The fraction of sp³-hybridized carbons (Fsp3) is 0.222. The summed E-state index contributed by atoms with van der Waals surface area (Å²) < 4.78 is 41.6. The Balaban J connectivity index is 0.00000182. The average molecular weight is 381 g/mol. The molecule has 0 aliphatic carbocycles. The molecule has 2 heterocycles. The third kappa shape index (κ3) is 2.84. The number of nitrogens with zero attached hydrogens (tertiary/aromatic N) is 1. The van der Waals surface area contributed by atoms with Crippen molar-refractivity contribution in [2.45, 2.75) is 24.8 Å². The van der Waals surface area contributed by atoms with Gasteiger partial charge in [-0.3, -0.25) is 0 Å². The van der Waals surface area contributed by atoms with E-state index in [1.165, 1.54) is 16.1 Å². The zero-order valence-corrected chi connectivity index (χ0v) is 15.3. The lowest BCUT2D eigenvalue weighted by Gasteiger charge is -2.17. The van der Waals surface area contributed by atoms with Crippen LogP contribution in [0.4, 0.5) is 4.39 Å². The van der Waals surface area contributed by atoms with E-state index in [-0.39, 0.29) is 17.3 Å². The summed E-state index contributed by atoms with van der Waals surface area (Å²) in [5.41, 5.74) is 3.08. The number of halogens is 2. The van der Waals surface area contributed by atoms with Crippen LogP contribution >= 0.6 is 12.4 Å². The number of benzene rings is 2. The Kier molecular flexibility index (Phi) is 4.62. The van der Waals surface area contributed by atoms with Crippen LogP contribution in [0.1, 0.15) is 16.8 Å². The molecule has 7 heteroatoms. The molecule has 132 valence electrons. The van der Waals surface area contributed by atoms with Crippen LogP contribution in [0, 0.1) is 12.7 Å². The maximum absolute atomic E-state index is 13.8. The highest BCUT2D eigenvalue weighted by Crippen LogP contribution is 2.32. The van der Waals surface area contributed by atoms with Gasteiger partial charge in [0.1, 0.15) is 5.82 Å². The SMILES string of the molecule is Cc1ccc(S(=O)(=O)n2c3c(c4ccc(F)cc42)CNCC3)cc1.Cl. The molecule has 1 aliphatic rings. The Hall–Kier alpha value is -1.89. The van der Waals surface area contributed by atoms with Gasteiger partial charge in [-0.2, -0.15) is 0 Å². The van der Waals surface area contributed by atoms with Gasteiger partial charge in [-0.1, -0.05) is 17.7 Å². The predicted octanol–water partition coefficient (Wildman–Crippen LogP) is 3.39. The minimum atomic E-state index is -3.78. The summed E-state index contributed by atoms with van der Waals surface area (Å²) >= 11 is 0. The molecule has 0 atom stereocenters. The molecule has 0 radical (unpaired) electrons. The largest absolute Gasteiger partial charge is 0.312 e. The lowest BCUT2D eigenvalue weighted by Crippen LogP contribution is -2.26. The summed E-state index contributed by atoms with van der Waals surface area (Å²) in [5, 5.41) is 4.04. The zero-order valence-electron chi connectivity index (χ0n) is 13.6. The zero-order chi connectivity index (χ0) is 16.9. The Bertz CT molecular complexity index is 1040. The molecule has 3 aromatic rings. The molecule has 1 aliphatic heterocycles. The van der Waals surface area contributed by atoms with Crippen LogP contribution in [-0.2, 0) is 23.0 Å². The molecule has 4 rings (SSSR count). The number of hydrogen-bond donors (Lipinski definition) is 1. The molecule has 0 saturated heterocycles. The van der Waals surface area contributed by atoms with Crippen molar-refractivity contribution in [3.8, 4) is 0 Å². The van der Waals surface area contributed by atoms with Crippen molar-refractivity contribution < 1.29 is 12.8 Å². The van der Waals surface area contributed by atoms with Crippen LogP contribution in [0.5, 0.6) is 0 Å². The lowest BCUT2D eigenvalue weighted by molar-refractivity contribution is 0.580. The van der Waals surface area contributed by atoms with Gasteiger partial charge in [-0.25, -0.2) is 16.8 Å². The van der Waals surface area contributed by atoms with Crippen LogP contribution in [0.3, 0.4) is 0 Å². The summed E-state index contributed by atoms with van der Waals surface area (Å²) in [7, 11) is -3.78. The second-order valence-corrected chi connectivity index (χ2v) is 7.88. The molecule has 25 heavy (non-hydrogen) atoms. The highest BCUT2D eigenvalue weighted by Gasteiger charge is 2.28. The van der Waals surface area contributed by atoms with Crippen molar-refractivity contribution in [1.82, 2.24) is 9.29 Å². The maximum atomic E-state index is 13.8. The molecular formula is C18H18ClFN2O2S. The average Bonchev–Trinajstić information content (AvgIpc) is 2.89. The van der Waals surface area contributed by atoms with Gasteiger partial charge in [0.2, 0.25) is 0 Å². The van der Waals surface area contributed by atoms with Crippen LogP contribution in [0.25, 0.3) is 10.9 Å². The van der Waals surface area contributed by atoms with E-state index in [1.54, 1.807) is 30.3 Å². The fourth-order valence-corrected chi connectivity index (χ4v) is 4.90. The first-order valence-electron chi connectivity index (χ1n) is 7.83. The van der Waals surface area contributed by atoms with Gasteiger partial charge >= 0.3 is 0 Å². The Morgan fingerprint density at radius 3 is 2.56 bits per heavy atom. The molecule has 4 nitrogen and oxygen atoms in total. The number of hydrogen-bond acceptors (Lipinski definition) is 3. The summed E-state index contributed by atoms with van der Waals surface area (Å²) in [6.07, 6.45) is 0.594. The molecule has 2 aromatic carbocycles. The van der Waals surface area contributed by atoms with Gasteiger partial charge in [0, 0.05) is 30.6 Å². The smallest absolute Gasteiger partial charge is 0.268 e. The van der Waals surface area contributed by atoms with Gasteiger partial charge in [0.05, 0.1) is 10.4 Å². The van der Waals surface area contributed by atoms with Gasteiger partial charge in [-0.15, -0.1) is 12.4 Å². The van der Waals surface area contributed by atoms with Crippen molar-refractivity contribution in [2.24, 2.45) is 0 Å². The molecule has 0 unspecified atom stereocenters. The number of rotatable bonds is 2. The highest BCUT2D eigenvalue weighted by atomic mass is 35.5. The first-order chi connectivity index (χ1) is 11.5. The van der Waals surface area contributed by atoms with Crippen molar-refractivity contribution in [2.75, 3.05) is 6.54 Å². The molecule has 0 spiro atoms. The van der Waals surface area contributed by atoms with Crippen LogP contribution < -0.4 is 5.32 Å². The van der Waals surface area contributed by atoms with E-state index in [1.807, 2.05) is 6.92 Å². The summed E-state index contributed by atoms with van der Waals surface area (Å²) in [6, 6.07) is 11.1. The minimum Gasteiger partial charge on any atom is -0.312 e. The second-order valence-electron chi connectivity index (χ2n) is 6.10. The molecule has 0 saturated carbocycles. The third-order valence-electron chi connectivity index (χ3n) is 4.50. The minimum absolute atomic E-state index is 0. The van der Waals surface area contributed by atoms with Crippen LogP contribution in [-0.4, -0.2) is 18.9 Å². The number of fused-ring (bicyclic) bond motifs is 3. The highest BCUT2D eigenvalue weighted by molar-refractivity contribution is 7.90. The quantitative estimate of drug-likeness (QED) is 0.741. The van der Waals surface area contributed by atoms with E-state index in [2.05, 4.69) is 5.32 Å². The van der Waals surface area contributed by atoms with E-state index in [9.17, 15) is 12.8 Å². The Labute approximate surface area is 152 Å². The standard InChI is InChI=1S/C18H17FN2O2S.ClH/c1-12-2-5-14(6-3-12)24(22,23)21-17-8-9-20-11-16(17)15-7-4-13(19)10-18(15)21;/h2-7,10,20H,8-9,11H2,1H3;1H. The van der Waals surface area contributed by atoms with E-state index in [0.29, 0.717) is 25.0 Å². The first kappa shape index (κ1) is 17.9. The number of nitrogens with one attached hydrogen (secondary N) is 1. The van der Waals surface area contributed by atoms with Crippen molar-refractivity contribution in [3.05, 3.63) is 65.1 Å². The monoisotopic (exact) mass is 380 g/mol. The van der Waals surface area contributed by atoms with E-state index >= 15 is 0 Å². The fourth-order valence-electron chi connectivity index (χ4n) is 3.31. The van der Waals surface area contributed by atoms with Crippen molar-refractivity contribution >= 4 is 33.3 Å². The molecular weight excluding hydrogens is 363 g/mol. The number of aromatic nitrogens is 1. The maximum Gasteiger partial charge on any atom is 0.268 e. The molecule has 0 fully saturated rings. The third-order valence-corrected chi connectivity index (χ3v) is 6.26. The van der Waals surface area contributed by atoms with Crippen LogP contribution in [0.2, 0.25) is 0 Å². The molecule has 0 amide bonds. The topological polar surface area (TPSA) is 51.1 Å². The molecule has 1 N–H and O–H groups in total. The Morgan fingerprint density at radius 1 is 1.12 bits per heavy atom. The Morgan fingerprint density at radius 2 is 1.84 bits per heavy atom. The van der Waals surface area contributed by atoms with Gasteiger partial charge in [-0.05, 0) is 42.8 Å². The summed E-state index contributed by atoms with van der Waals surface area (Å²) in [4.78, 5) is 0.218. The summed E-state index contributed by atoms with van der Waals surface area (Å²) in [6.45, 7) is 3.20. The predicted molar refractivity (Wildman–Crippen MR) is 98.3 cm³/mol. The van der Waals surface area contributed by atoms with Crippen LogP contribution in [0.15, 0.2) is 47.4 Å². The van der Waals surface area contributed by atoms with Gasteiger partial charge in [0.15, 0.2) is 0 Å². The van der Waals surface area contributed by atoms with E-state index in [4.69, 9.17) is 0 Å². The second kappa shape index (κ2) is 6.44. The van der Waals surface area contributed by atoms with Gasteiger partial charge < -0.3 is 5.32 Å². The first-order valence-corrected chi connectivity index (χ1v) is 9.27. The molecule has 0 bridgehead atoms. The van der Waals surface area contributed by atoms with E-state index < -0.39 is 15.8 Å². The van der Waals surface area contributed by atoms with Gasteiger partial charge in [0.25, 0.3) is 10.0 Å². The lowest BCUT2D eigenvalue weighted by atomic mass is 10.1.